The molecule has 0 bridgehead atoms. The maximum absolute atomic E-state index is 13.0. The van der Waals surface area contributed by atoms with Crippen molar-refractivity contribution in [2.75, 3.05) is 11.1 Å². The van der Waals surface area contributed by atoms with Crippen molar-refractivity contribution in [1.82, 2.24) is 0 Å². The number of anilines is 1. The molecule has 2 aromatic rings. The molecule has 2 aromatic carbocycles. The lowest BCUT2D eigenvalue weighted by Crippen LogP contribution is -2.22. The van der Waals surface area contributed by atoms with Crippen molar-refractivity contribution >= 4 is 17.4 Å². The van der Waals surface area contributed by atoms with Gasteiger partial charge in [-0.1, -0.05) is 19.1 Å². The van der Waals surface area contributed by atoms with Crippen molar-refractivity contribution in [2.24, 2.45) is 5.73 Å². The number of alkyl halides is 3. The van der Waals surface area contributed by atoms with E-state index in [1.165, 1.54) is 6.07 Å². The molecule has 0 radical (unpaired) electrons. The number of thioether (sulfide) groups is 1. The van der Waals surface area contributed by atoms with E-state index >= 15 is 0 Å². The average molecular weight is 433 g/mol. The van der Waals surface area contributed by atoms with E-state index in [0.717, 1.165) is 28.3 Å². The van der Waals surface area contributed by atoms with Crippen molar-refractivity contribution in [3.8, 4) is 6.07 Å². The quantitative estimate of drug-likeness (QED) is 0.545. The van der Waals surface area contributed by atoms with E-state index < -0.39 is 23.9 Å². The summed E-state index contributed by atoms with van der Waals surface area (Å²) in [4.78, 5) is 0.856. The van der Waals surface area contributed by atoms with Crippen LogP contribution in [0.25, 0.3) is 0 Å². The van der Waals surface area contributed by atoms with Crippen LogP contribution in [-0.4, -0.2) is 17.0 Å². The van der Waals surface area contributed by atoms with Crippen LogP contribution in [0.1, 0.15) is 42.5 Å². The van der Waals surface area contributed by atoms with Gasteiger partial charge in [-0.2, -0.15) is 18.4 Å². The van der Waals surface area contributed by atoms with Crippen LogP contribution in [0.5, 0.6) is 0 Å². The number of hydrogen-bond acceptors (Lipinski definition) is 5. The average Bonchev–Trinajstić information content (AvgIpc) is 3.07. The van der Waals surface area contributed by atoms with Gasteiger partial charge >= 0.3 is 6.18 Å². The summed E-state index contributed by atoms with van der Waals surface area (Å²) in [6.45, 7) is 1.99. The highest BCUT2D eigenvalue weighted by atomic mass is 32.2. The van der Waals surface area contributed by atoms with Crippen LogP contribution in [0.2, 0.25) is 0 Å². The Morgan fingerprint density at radius 1 is 1.30 bits per heavy atom. The standard InChI is InChI=1S/C22H22F3N3OS/c1-2-30-19-10-13(12-26)6-7-16(19)21(27)20-17(8-9-18(20)29)28-15-5-3-4-14(11-15)22(23,24)25/h3-7,10-11,18,21,28-29H,2,8-9,27H2,1H3. The zero-order valence-electron chi connectivity index (χ0n) is 16.3. The number of aliphatic hydroxyl groups excluding tert-OH is 1. The number of benzene rings is 2. The molecule has 0 aliphatic heterocycles. The van der Waals surface area contributed by atoms with Crippen LogP contribution in [0, 0.1) is 11.3 Å². The van der Waals surface area contributed by atoms with Crippen molar-refractivity contribution < 1.29 is 18.3 Å². The Morgan fingerprint density at radius 3 is 2.73 bits per heavy atom. The number of nitrogens with zero attached hydrogens (tertiary/aromatic N) is 1. The fourth-order valence-corrected chi connectivity index (χ4v) is 4.45. The zero-order chi connectivity index (χ0) is 21.9. The second-order valence-electron chi connectivity index (χ2n) is 6.97. The Kier molecular flexibility index (Phi) is 6.76. The van der Waals surface area contributed by atoms with Gasteiger partial charge in [-0.3, -0.25) is 0 Å². The molecule has 0 saturated carbocycles. The van der Waals surface area contributed by atoms with E-state index in [4.69, 9.17) is 11.0 Å². The molecule has 8 heteroatoms. The molecular weight excluding hydrogens is 411 g/mol. The van der Waals surface area contributed by atoms with Gasteiger partial charge in [0.25, 0.3) is 0 Å². The summed E-state index contributed by atoms with van der Waals surface area (Å²) in [7, 11) is 0. The molecule has 0 aromatic heterocycles. The van der Waals surface area contributed by atoms with Gasteiger partial charge in [-0.25, -0.2) is 0 Å². The summed E-state index contributed by atoms with van der Waals surface area (Å²) in [6.07, 6.45) is -4.30. The summed E-state index contributed by atoms with van der Waals surface area (Å²) in [5.74, 6) is 0.783. The Balaban J connectivity index is 1.97. The maximum Gasteiger partial charge on any atom is 0.416 e. The topological polar surface area (TPSA) is 82.1 Å². The molecule has 0 fully saturated rings. The number of nitrogens with one attached hydrogen (secondary N) is 1. The number of aliphatic hydroxyl groups is 1. The first kappa shape index (κ1) is 22.2. The second kappa shape index (κ2) is 9.13. The molecule has 158 valence electrons. The third kappa shape index (κ3) is 4.81. The van der Waals surface area contributed by atoms with Crippen LogP contribution >= 0.6 is 11.8 Å². The first-order valence-electron chi connectivity index (χ1n) is 9.52. The summed E-state index contributed by atoms with van der Waals surface area (Å²) in [5, 5.41) is 22.8. The van der Waals surface area contributed by atoms with Gasteiger partial charge in [0.1, 0.15) is 0 Å². The fourth-order valence-electron chi connectivity index (χ4n) is 3.57. The predicted octanol–water partition coefficient (Wildman–Crippen LogP) is 5.21. The van der Waals surface area contributed by atoms with Crippen LogP contribution in [0.3, 0.4) is 0 Å². The van der Waals surface area contributed by atoms with Gasteiger partial charge in [0.05, 0.1) is 29.3 Å². The summed E-state index contributed by atoms with van der Waals surface area (Å²) in [5.41, 5.74) is 8.56. The third-order valence-corrected chi connectivity index (χ3v) is 5.93. The lowest BCUT2D eigenvalue weighted by molar-refractivity contribution is -0.137. The first-order valence-corrected chi connectivity index (χ1v) is 10.5. The van der Waals surface area contributed by atoms with Crippen LogP contribution in [0.15, 0.2) is 58.6 Å². The molecule has 30 heavy (non-hydrogen) atoms. The molecule has 0 spiro atoms. The SMILES string of the molecule is CCSc1cc(C#N)ccc1C(N)C1=C(Nc2cccc(C(F)(F)F)c2)CCC1O. The number of nitriles is 1. The molecule has 0 amide bonds. The lowest BCUT2D eigenvalue weighted by atomic mass is 9.95. The van der Waals surface area contributed by atoms with E-state index in [2.05, 4.69) is 11.4 Å². The largest absolute Gasteiger partial charge is 0.416 e. The molecular formula is C22H22F3N3OS. The van der Waals surface area contributed by atoms with Gasteiger partial charge in [-0.05, 0) is 60.1 Å². The summed E-state index contributed by atoms with van der Waals surface area (Å²) in [6, 6.07) is 11.6. The van der Waals surface area contributed by atoms with Crippen molar-refractivity contribution in [3.63, 3.8) is 0 Å². The van der Waals surface area contributed by atoms with E-state index in [1.54, 1.807) is 36.0 Å². The van der Waals surface area contributed by atoms with E-state index in [-0.39, 0.29) is 0 Å². The molecule has 2 atom stereocenters. The molecule has 0 saturated heterocycles. The lowest BCUT2D eigenvalue weighted by Gasteiger charge is -2.22. The highest BCUT2D eigenvalue weighted by Gasteiger charge is 2.32. The molecule has 1 aliphatic rings. The molecule has 2 unspecified atom stereocenters. The number of allylic oxidation sites excluding steroid dienone is 1. The van der Waals surface area contributed by atoms with Gasteiger partial charge in [0, 0.05) is 16.3 Å². The van der Waals surface area contributed by atoms with Crippen molar-refractivity contribution in [1.29, 1.82) is 5.26 Å². The third-order valence-electron chi connectivity index (χ3n) is 4.97. The number of hydrogen-bond donors (Lipinski definition) is 3. The summed E-state index contributed by atoms with van der Waals surface area (Å²) < 4.78 is 39.1. The molecule has 4 N–H and O–H groups in total. The zero-order valence-corrected chi connectivity index (χ0v) is 17.1. The normalized spacial score (nSPS) is 17.7. The first-order chi connectivity index (χ1) is 14.2. The van der Waals surface area contributed by atoms with Crippen molar-refractivity contribution in [2.45, 2.75) is 43.0 Å². The minimum atomic E-state index is -4.44. The van der Waals surface area contributed by atoms with Crippen molar-refractivity contribution in [3.05, 3.63) is 70.4 Å². The molecule has 3 rings (SSSR count). The number of halogens is 3. The van der Waals surface area contributed by atoms with Gasteiger partial charge < -0.3 is 16.2 Å². The monoisotopic (exact) mass is 433 g/mol. The maximum atomic E-state index is 13.0. The van der Waals surface area contributed by atoms with Gasteiger partial charge in [-0.15, -0.1) is 11.8 Å². The van der Waals surface area contributed by atoms with Crippen LogP contribution < -0.4 is 11.1 Å². The summed E-state index contributed by atoms with van der Waals surface area (Å²) >= 11 is 1.55. The smallest absolute Gasteiger partial charge is 0.389 e. The Labute approximate surface area is 177 Å². The minimum absolute atomic E-state index is 0.293. The van der Waals surface area contributed by atoms with Gasteiger partial charge in [0.15, 0.2) is 0 Å². The fraction of sp³-hybridized carbons (Fsp3) is 0.318. The second-order valence-corrected chi connectivity index (χ2v) is 8.27. The molecule has 0 heterocycles. The van der Waals surface area contributed by atoms with Crippen LogP contribution in [0.4, 0.5) is 18.9 Å². The Morgan fingerprint density at radius 2 is 2.07 bits per heavy atom. The molecule has 4 nitrogen and oxygen atoms in total. The Hall–Kier alpha value is -2.47. The van der Waals surface area contributed by atoms with Crippen LogP contribution in [-0.2, 0) is 6.18 Å². The minimum Gasteiger partial charge on any atom is -0.389 e. The van der Waals surface area contributed by atoms with E-state index in [9.17, 15) is 18.3 Å². The van der Waals surface area contributed by atoms with Gasteiger partial charge in [0.2, 0.25) is 0 Å². The number of nitrogens with two attached hydrogens (primary N) is 1. The Bertz CT molecular complexity index is 998. The predicted molar refractivity (Wildman–Crippen MR) is 112 cm³/mol. The highest BCUT2D eigenvalue weighted by molar-refractivity contribution is 7.99. The number of rotatable bonds is 6. The van der Waals surface area contributed by atoms with E-state index in [1.807, 2.05) is 6.92 Å². The van der Waals surface area contributed by atoms with E-state index in [0.29, 0.717) is 35.4 Å². The molecule has 1 aliphatic carbocycles. The highest BCUT2D eigenvalue weighted by Crippen LogP contribution is 2.39.